The van der Waals surface area contributed by atoms with Crippen LogP contribution < -0.4 is 10.1 Å². The second-order valence-corrected chi connectivity index (χ2v) is 4.81. The summed E-state index contributed by atoms with van der Waals surface area (Å²) in [5, 5.41) is 3.91. The summed E-state index contributed by atoms with van der Waals surface area (Å²) in [7, 11) is 1.56. The number of methoxy groups -OCH3 is 1. The molecule has 0 saturated heterocycles. The number of benzene rings is 1. The molecule has 0 unspecified atom stereocenters. The van der Waals surface area contributed by atoms with Gasteiger partial charge in [-0.05, 0) is 29.8 Å². The molecule has 0 atom stereocenters. The van der Waals surface area contributed by atoms with E-state index in [2.05, 4.69) is 10.3 Å². The zero-order valence-corrected chi connectivity index (χ0v) is 12.2. The lowest BCUT2D eigenvalue weighted by Gasteiger charge is -2.09. The molecule has 4 nitrogen and oxygen atoms in total. The van der Waals surface area contributed by atoms with E-state index in [0.29, 0.717) is 33.9 Å². The standard InChI is InChI=1S/C14H12Cl2N2O2/c1-20-12-4-2-9(6-11(12)15)7-17-14-10(8-19)3-5-13(16)18-14/h2-6,8H,7H2,1H3,(H,17,18). The second kappa shape index (κ2) is 6.59. The van der Waals surface area contributed by atoms with Gasteiger partial charge in [-0.1, -0.05) is 29.3 Å². The largest absolute Gasteiger partial charge is 0.495 e. The number of hydrogen-bond donors (Lipinski definition) is 1. The number of aromatic nitrogens is 1. The van der Waals surface area contributed by atoms with Crippen molar-refractivity contribution in [3.63, 3.8) is 0 Å². The average molecular weight is 311 g/mol. The molecule has 6 heteroatoms. The fourth-order valence-corrected chi connectivity index (χ4v) is 2.12. The first-order valence-electron chi connectivity index (χ1n) is 5.82. The summed E-state index contributed by atoms with van der Waals surface area (Å²) in [6, 6.07) is 8.64. The van der Waals surface area contributed by atoms with Crippen LogP contribution in [0.15, 0.2) is 30.3 Å². The molecule has 0 aliphatic heterocycles. The first-order chi connectivity index (χ1) is 9.63. The number of halogens is 2. The first kappa shape index (κ1) is 14.6. The molecule has 20 heavy (non-hydrogen) atoms. The highest BCUT2D eigenvalue weighted by Crippen LogP contribution is 2.25. The molecular formula is C14H12Cl2N2O2. The summed E-state index contributed by atoms with van der Waals surface area (Å²) in [6.07, 6.45) is 0.729. The van der Waals surface area contributed by atoms with Crippen LogP contribution in [0, 0.1) is 0 Å². The average Bonchev–Trinajstić information content (AvgIpc) is 2.45. The van der Waals surface area contributed by atoms with Crippen molar-refractivity contribution in [1.82, 2.24) is 4.98 Å². The van der Waals surface area contributed by atoms with Crippen LogP contribution in [0.5, 0.6) is 5.75 Å². The van der Waals surface area contributed by atoms with Gasteiger partial charge in [-0.25, -0.2) is 4.98 Å². The predicted octanol–water partition coefficient (Wildman–Crippen LogP) is 3.82. The molecule has 0 spiro atoms. The Balaban J connectivity index is 2.14. The van der Waals surface area contributed by atoms with Gasteiger partial charge in [-0.2, -0.15) is 0 Å². The van der Waals surface area contributed by atoms with Crippen LogP contribution in [-0.4, -0.2) is 18.4 Å². The van der Waals surface area contributed by atoms with Crippen LogP contribution in [0.3, 0.4) is 0 Å². The monoisotopic (exact) mass is 310 g/mol. The van der Waals surface area contributed by atoms with Crippen molar-refractivity contribution in [2.45, 2.75) is 6.54 Å². The Bertz CT molecular complexity index is 633. The van der Waals surface area contributed by atoms with E-state index in [1.165, 1.54) is 0 Å². The summed E-state index contributed by atoms with van der Waals surface area (Å²) in [6.45, 7) is 0.470. The normalized spacial score (nSPS) is 10.2. The van der Waals surface area contributed by atoms with E-state index in [0.717, 1.165) is 11.8 Å². The Morgan fingerprint density at radius 3 is 2.75 bits per heavy atom. The lowest BCUT2D eigenvalue weighted by molar-refractivity contribution is 0.112. The van der Waals surface area contributed by atoms with Crippen LogP contribution in [0.25, 0.3) is 0 Å². The van der Waals surface area contributed by atoms with Crippen LogP contribution >= 0.6 is 23.2 Å². The maximum absolute atomic E-state index is 10.9. The molecule has 2 aromatic rings. The smallest absolute Gasteiger partial charge is 0.153 e. The van der Waals surface area contributed by atoms with Crippen molar-refractivity contribution in [2.24, 2.45) is 0 Å². The summed E-state index contributed by atoms with van der Waals surface area (Å²) in [5.74, 6) is 1.06. The van der Waals surface area contributed by atoms with Crippen molar-refractivity contribution in [3.8, 4) is 5.75 Å². The molecule has 0 bridgehead atoms. The molecule has 2 rings (SSSR count). The van der Waals surface area contributed by atoms with Gasteiger partial charge >= 0.3 is 0 Å². The molecular weight excluding hydrogens is 299 g/mol. The Hall–Kier alpha value is -1.78. The SMILES string of the molecule is COc1ccc(CNc2nc(Cl)ccc2C=O)cc1Cl. The van der Waals surface area contributed by atoms with E-state index in [-0.39, 0.29) is 0 Å². The third-order valence-electron chi connectivity index (χ3n) is 2.70. The Morgan fingerprint density at radius 1 is 1.30 bits per heavy atom. The topological polar surface area (TPSA) is 51.2 Å². The summed E-state index contributed by atoms with van der Waals surface area (Å²) in [5.41, 5.74) is 1.39. The molecule has 104 valence electrons. The van der Waals surface area contributed by atoms with Gasteiger partial charge in [0.2, 0.25) is 0 Å². The number of rotatable bonds is 5. The van der Waals surface area contributed by atoms with E-state index in [4.69, 9.17) is 27.9 Å². The summed E-state index contributed by atoms with van der Waals surface area (Å²) in [4.78, 5) is 15.0. The summed E-state index contributed by atoms with van der Waals surface area (Å²) < 4.78 is 5.09. The minimum Gasteiger partial charge on any atom is -0.495 e. The fourth-order valence-electron chi connectivity index (χ4n) is 1.69. The Labute approximate surface area is 126 Å². The number of hydrogen-bond acceptors (Lipinski definition) is 4. The molecule has 0 fully saturated rings. The van der Waals surface area contributed by atoms with Gasteiger partial charge in [0.1, 0.15) is 16.7 Å². The maximum Gasteiger partial charge on any atom is 0.153 e. The number of pyridine rings is 1. The van der Waals surface area contributed by atoms with Crippen molar-refractivity contribution in [3.05, 3.63) is 51.6 Å². The van der Waals surface area contributed by atoms with Crippen LogP contribution in [0.4, 0.5) is 5.82 Å². The van der Waals surface area contributed by atoms with Gasteiger partial charge in [0, 0.05) is 6.54 Å². The van der Waals surface area contributed by atoms with E-state index in [1.807, 2.05) is 6.07 Å². The number of anilines is 1. The molecule has 1 aromatic carbocycles. The second-order valence-electron chi connectivity index (χ2n) is 4.01. The number of aldehydes is 1. The third kappa shape index (κ3) is 3.40. The molecule has 0 aliphatic carbocycles. The van der Waals surface area contributed by atoms with Crippen LogP contribution in [-0.2, 0) is 6.54 Å². The number of carbonyl (C=O) groups excluding carboxylic acids is 1. The van der Waals surface area contributed by atoms with Crippen LogP contribution in [0.2, 0.25) is 10.2 Å². The maximum atomic E-state index is 10.9. The Kier molecular flexibility index (Phi) is 4.82. The molecule has 0 saturated carbocycles. The van der Waals surface area contributed by atoms with E-state index in [1.54, 1.807) is 31.4 Å². The number of carbonyl (C=O) groups is 1. The Morgan fingerprint density at radius 2 is 2.10 bits per heavy atom. The zero-order chi connectivity index (χ0) is 14.5. The van der Waals surface area contributed by atoms with Gasteiger partial charge in [0.25, 0.3) is 0 Å². The molecule has 0 amide bonds. The van der Waals surface area contributed by atoms with Crippen molar-refractivity contribution in [1.29, 1.82) is 0 Å². The number of ether oxygens (including phenoxy) is 1. The lowest BCUT2D eigenvalue weighted by atomic mass is 10.2. The molecule has 1 aromatic heterocycles. The highest BCUT2D eigenvalue weighted by Gasteiger charge is 2.06. The fraction of sp³-hybridized carbons (Fsp3) is 0.143. The van der Waals surface area contributed by atoms with Gasteiger partial charge in [-0.3, -0.25) is 4.79 Å². The highest BCUT2D eigenvalue weighted by atomic mass is 35.5. The van der Waals surface area contributed by atoms with Crippen molar-refractivity contribution < 1.29 is 9.53 Å². The minimum absolute atomic E-state index is 0.325. The van der Waals surface area contributed by atoms with Gasteiger partial charge in [-0.15, -0.1) is 0 Å². The molecule has 1 heterocycles. The molecule has 0 radical (unpaired) electrons. The molecule has 0 aliphatic rings. The first-order valence-corrected chi connectivity index (χ1v) is 6.57. The number of nitrogens with zero attached hydrogens (tertiary/aromatic N) is 1. The van der Waals surface area contributed by atoms with E-state index < -0.39 is 0 Å². The van der Waals surface area contributed by atoms with Crippen molar-refractivity contribution >= 4 is 35.3 Å². The van der Waals surface area contributed by atoms with E-state index >= 15 is 0 Å². The summed E-state index contributed by atoms with van der Waals surface area (Å²) >= 11 is 11.9. The lowest BCUT2D eigenvalue weighted by Crippen LogP contribution is -2.04. The minimum atomic E-state index is 0.325. The number of nitrogens with one attached hydrogen (secondary N) is 1. The van der Waals surface area contributed by atoms with E-state index in [9.17, 15) is 4.79 Å². The third-order valence-corrected chi connectivity index (χ3v) is 3.20. The zero-order valence-electron chi connectivity index (χ0n) is 10.7. The van der Waals surface area contributed by atoms with Gasteiger partial charge in [0.05, 0.1) is 17.7 Å². The van der Waals surface area contributed by atoms with Gasteiger partial charge < -0.3 is 10.1 Å². The van der Waals surface area contributed by atoms with Crippen LogP contribution in [0.1, 0.15) is 15.9 Å². The highest BCUT2D eigenvalue weighted by molar-refractivity contribution is 6.32. The van der Waals surface area contributed by atoms with Crippen molar-refractivity contribution in [2.75, 3.05) is 12.4 Å². The predicted molar refractivity (Wildman–Crippen MR) is 80.0 cm³/mol. The quantitative estimate of drug-likeness (QED) is 0.673. The van der Waals surface area contributed by atoms with Gasteiger partial charge in [0.15, 0.2) is 6.29 Å². The molecule has 1 N–H and O–H groups in total.